The average molecular weight is 495 g/mol. The Morgan fingerprint density at radius 2 is 1.79 bits per heavy atom. The molecular weight excluding hydrogens is 472 g/mol. The van der Waals surface area contributed by atoms with E-state index in [1.54, 1.807) is 25.1 Å². The molecule has 0 spiro atoms. The number of nitrogens with one attached hydrogen (secondary N) is 2. The summed E-state index contributed by atoms with van der Waals surface area (Å²) < 4.78 is 41.9. The third-order valence-electron chi connectivity index (χ3n) is 4.91. The third-order valence-corrected chi connectivity index (χ3v) is 6.82. The number of methoxy groups -OCH3 is 2. The maximum atomic E-state index is 13.1. The van der Waals surface area contributed by atoms with E-state index < -0.39 is 33.6 Å². The van der Waals surface area contributed by atoms with Crippen molar-refractivity contribution in [2.45, 2.75) is 17.9 Å². The van der Waals surface area contributed by atoms with Crippen molar-refractivity contribution in [2.75, 3.05) is 26.6 Å². The maximum absolute atomic E-state index is 13.1. The van der Waals surface area contributed by atoms with Crippen molar-refractivity contribution in [1.82, 2.24) is 10.6 Å². The van der Waals surface area contributed by atoms with Crippen molar-refractivity contribution in [1.29, 1.82) is 0 Å². The molecule has 3 rings (SSSR count). The van der Waals surface area contributed by atoms with Gasteiger partial charge in [0.15, 0.2) is 9.84 Å². The van der Waals surface area contributed by atoms with Crippen LogP contribution < -0.4 is 20.1 Å². The van der Waals surface area contributed by atoms with Crippen molar-refractivity contribution in [3.63, 3.8) is 0 Å². The zero-order chi connectivity index (χ0) is 24.2. The number of carbonyl (C=O) groups is 2. The molecule has 176 valence electrons. The van der Waals surface area contributed by atoms with E-state index >= 15 is 0 Å². The molecule has 0 aromatic heterocycles. The second kappa shape index (κ2) is 10.1. The van der Waals surface area contributed by atoms with Gasteiger partial charge in [0.25, 0.3) is 0 Å². The molecule has 2 N–H and O–H groups in total. The van der Waals surface area contributed by atoms with Crippen molar-refractivity contribution in [2.24, 2.45) is 0 Å². The first-order valence-electron chi connectivity index (χ1n) is 9.88. The van der Waals surface area contributed by atoms with Gasteiger partial charge in [-0.3, -0.25) is 0 Å². The van der Waals surface area contributed by atoms with E-state index in [0.29, 0.717) is 22.1 Å². The van der Waals surface area contributed by atoms with Gasteiger partial charge < -0.3 is 24.8 Å². The fourth-order valence-corrected chi connectivity index (χ4v) is 4.84. The number of carbonyl (C=O) groups excluding carboxylic acids is 2. The molecule has 0 saturated carbocycles. The number of esters is 1. The van der Waals surface area contributed by atoms with Crippen LogP contribution in [0.5, 0.6) is 11.5 Å². The first-order chi connectivity index (χ1) is 15.7. The lowest BCUT2D eigenvalue weighted by Gasteiger charge is -2.30. The number of ether oxygens (including phenoxy) is 3. The molecule has 0 radical (unpaired) electrons. The highest BCUT2D eigenvalue weighted by molar-refractivity contribution is 7.91. The monoisotopic (exact) mass is 494 g/mol. The summed E-state index contributed by atoms with van der Waals surface area (Å²) in [6.07, 6.45) is 0. The molecule has 9 nitrogen and oxygen atoms in total. The van der Waals surface area contributed by atoms with Crippen molar-refractivity contribution >= 4 is 33.4 Å². The van der Waals surface area contributed by atoms with E-state index in [4.69, 9.17) is 25.8 Å². The molecule has 2 amide bonds. The Morgan fingerprint density at radius 1 is 1.09 bits per heavy atom. The van der Waals surface area contributed by atoms with E-state index in [1.165, 1.54) is 38.5 Å². The van der Waals surface area contributed by atoms with Gasteiger partial charge in [0.05, 0.1) is 43.1 Å². The normalized spacial score (nSPS) is 16.0. The van der Waals surface area contributed by atoms with Crippen LogP contribution in [-0.2, 0) is 19.4 Å². The standard InChI is InChI=1S/C22H23ClN2O7S/c1-4-32-21(26)19-17(12-33(28,29)15-8-5-13(23)6-9-15)24-22(27)25-20(19)16-10-7-14(30-2)11-18(16)31-3/h5-11,20H,4,12H2,1-3H3,(H2,24,25,27)/t20-/m0/s1. The number of halogens is 1. The highest BCUT2D eigenvalue weighted by atomic mass is 35.5. The lowest BCUT2D eigenvalue weighted by molar-refractivity contribution is -0.139. The smallest absolute Gasteiger partial charge is 0.338 e. The molecule has 0 fully saturated rings. The van der Waals surface area contributed by atoms with Crippen molar-refractivity contribution in [3.8, 4) is 11.5 Å². The van der Waals surface area contributed by atoms with Gasteiger partial charge >= 0.3 is 12.0 Å². The molecule has 33 heavy (non-hydrogen) atoms. The van der Waals surface area contributed by atoms with Crippen LogP contribution in [0.2, 0.25) is 5.02 Å². The van der Waals surface area contributed by atoms with Gasteiger partial charge in [-0.05, 0) is 43.3 Å². The quantitative estimate of drug-likeness (QED) is 0.541. The predicted molar refractivity (Wildman–Crippen MR) is 121 cm³/mol. The molecule has 2 aromatic carbocycles. The number of amides is 2. The highest BCUT2D eigenvalue weighted by Crippen LogP contribution is 2.36. The molecule has 1 aliphatic heterocycles. The molecule has 2 aromatic rings. The van der Waals surface area contributed by atoms with E-state index in [-0.39, 0.29) is 22.8 Å². The molecular formula is C22H23ClN2O7S. The van der Waals surface area contributed by atoms with E-state index in [9.17, 15) is 18.0 Å². The number of hydrogen-bond donors (Lipinski definition) is 2. The zero-order valence-electron chi connectivity index (χ0n) is 18.2. The molecule has 1 aliphatic rings. The van der Waals surface area contributed by atoms with Crippen LogP contribution in [0.3, 0.4) is 0 Å². The van der Waals surface area contributed by atoms with Crippen LogP contribution in [0.25, 0.3) is 0 Å². The zero-order valence-corrected chi connectivity index (χ0v) is 19.7. The van der Waals surface area contributed by atoms with E-state index in [0.717, 1.165) is 0 Å². The highest BCUT2D eigenvalue weighted by Gasteiger charge is 2.37. The van der Waals surface area contributed by atoms with Gasteiger partial charge in [-0.2, -0.15) is 0 Å². The SMILES string of the molecule is CCOC(=O)C1=C(CS(=O)(=O)c2ccc(Cl)cc2)NC(=O)N[C@H]1c1ccc(OC)cc1OC. The van der Waals surface area contributed by atoms with Crippen LogP contribution in [-0.4, -0.2) is 47.0 Å². The minimum atomic E-state index is -3.93. The molecule has 11 heteroatoms. The van der Waals surface area contributed by atoms with Crippen LogP contribution in [0.15, 0.2) is 58.6 Å². The largest absolute Gasteiger partial charge is 0.497 e. The molecule has 0 aliphatic carbocycles. The molecule has 1 atom stereocenters. The summed E-state index contributed by atoms with van der Waals surface area (Å²) in [7, 11) is -1.01. The lowest BCUT2D eigenvalue weighted by atomic mass is 9.94. The first-order valence-corrected chi connectivity index (χ1v) is 11.9. The minimum absolute atomic E-state index is 0.00558. The van der Waals surface area contributed by atoms with E-state index in [1.807, 2.05) is 0 Å². The van der Waals surface area contributed by atoms with Gasteiger partial charge in [-0.25, -0.2) is 18.0 Å². The van der Waals surface area contributed by atoms with Gasteiger partial charge in [0.1, 0.15) is 11.5 Å². The summed E-state index contributed by atoms with van der Waals surface area (Å²) in [6.45, 7) is 1.68. The number of rotatable bonds is 8. The van der Waals surface area contributed by atoms with Crippen LogP contribution in [0.1, 0.15) is 18.5 Å². The average Bonchev–Trinajstić information content (AvgIpc) is 2.78. The Morgan fingerprint density at radius 3 is 2.39 bits per heavy atom. The molecule has 0 bridgehead atoms. The van der Waals surface area contributed by atoms with Crippen LogP contribution in [0, 0.1) is 0 Å². The second-order valence-corrected chi connectivity index (χ2v) is 9.39. The topological polar surface area (TPSA) is 120 Å². The Bertz CT molecular complexity index is 1190. The summed E-state index contributed by atoms with van der Waals surface area (Å²) in [6, 6.07) is 8.77. The predicted octanol–water partition coefficient (Wildman–Crippen LogP) is 3.00. The van der Waals surface area contributed by atoms with Crippen LogP contribution >= 0.6 is 11.6 Å². The van der Waals surface area contributed by atoms with E-state index in [2.05, 4.69) is 10.6 Å². The fraction of sp³-hybridized carbons (Fsp3) is 0.273. The number of hydrogen-bond acceptors (Lipinski definition) is 7. The number of urea groups is 1. The number of sulfone groups is 1. The van der Waals surface area contributed by atoms with Gasteiger partial charge in [0, 0.05) is 22.3 Å². The Balaban J connectivity index is 2.14. The number of benzene rings is 2. The Kier molecular flexibility index (Phi) is 7.50. The third kappa shape index (κ3) is 5.40. The fourth-order valence-electron chi connectivity index (χ4n) is 3.39. The van der Waals surface area contributed by atoms with Gasteiger partial charge in [-0.15, -0.1) is 0 Å². The maximum Gasteiger partial charge on any atom is 0.338 e. The van der Waals surface area contributed by atoms with Crippen molar-refractivity contribution in [3.05, 3.63) is 64.3 Å². The summed E-state index contributed by atoms with van der Waals surface area (Å²) >= 11 is 5.86. The minimum Gasteiger partial charge on any atom is -0.497 e. The summed E-state index contributed by atoms with van der Waals surface area (Å²) in [5.41, 5.74) is 0.296. The van der Waals surface area contributed by atoms with Crippen LogP contribution in [0.4, 0.5) is 4.79 Å². The first kappa shape index (κ1) is 24.4. The second-order valence-electron chi connectivity index (χ2n) is 6.97. The summed E-state index contributed by atoms with van der Waals surface area (Å²) in [5.74, 6) is -0.564. The molecule has 0 unspecified atom stereocenters. The van der Waals surface area contributed by atoms with Crippen molar-refractivity contribution < 1.29 is 32.2 Å². The van der Waals surface area contributed by atoms with Gasteiger partial charge in [-0.1, -0.05) is 11.6 Å². The summed E-state index contributed by atoms with van der Waals surface area (Å²) in [5, 5.41) is 5.49. The lowest BCUT2D eigenvalue weighted by Crippen LogP contribution is -2.47. The Labute approximate surface area is 196 Å². The Hall–Kier alpha value is -3.24. The molecule has 1 heterocycles. The molecule has 0 saturated heterocycles. The van der Waals surface area contributed by atoms with Gasteiger partial charge in [0.2, 0.25) is 0 Å². The summed E-state index contributed by atoms with van der Waals surface area (Å²) in [4.78, 5) is 25.4.